The van der Waals surface area contributed by atoms with E-state index in [1.54, 1.807) is 16.9 Å². The lowest BCUT2D eigenvalue weighted by Gasteiger charge is -2.31. The van der Waals surface area contributed by atoms with Gasteiger partial charge in [-0.3, -0.25) is 19.2 Å². The number of amides is 2. The maximum atomic E-state index is 14.4. The molecule has 0 aromatic carbocycles. The highest BCUT2D eigenvalue weighted by atomic mass is 19.1. The number of morpholine rings is 1. The van der Waals surface area contributed by atoms with E-state index in [-0.39, 0.29) is 35.5 Å². The number of aromatic nitrogens is 5. The van der Waals surface area contributed by atoms with Crippen LogP contribution in [-0.4, -0.2) is 73.8 Å². The molecule has 0 spiro atoms. The summed E-state index contributed by atoms with van der Waals surface area (Å²) in [4.78, 5) is 38.6. The predicted octanol–water partition coefficient (Wildman–Crippen LogP) is 2.80. The van der Waals surface area contributed by atoms with Crippen LogP contribution in [0, 0.1) is 5.95 Å². The number of fused-ring (bicyclic) bond motifs is 1. The summed E-state index contributed by atoms with van der Waals surface area (Å²) in [5.74, 6) is -1.67. The molecule has 1 aliphatic heterocycles. The van der Waals surface area contributed by atoms with Crippen LogP contribution in [0.3, 0.4) is 0 Å². The highest BCUT2D eigenvalue weighted by Gasteiger charge is 2.21. The molecule has 0 aliphatic carbocycles. The van der Waals surface area contributed by atoms with Crippen LogP contribution in [-0.2, 0) is 16.6 Å². The van der Waals surface area contributed by atoms with Crippen molar-refractivity contribution in [2.45, 2.75) is 19.4 Å². The molecule has 0 saturated carbocycles. The van der Waals surface area contributed by atoms with Gasteiger partial charge in [-0.1, -0.05) is 6.92 Å². The fourth-order valence-electron chi connectivity index (χ4n) is 4.23. The Labute approximate surface area is 212 Å². The monoisotopic (exact) mass is 506 g/mol. The quantitative estimate of drug-likeness (QED) is 0.329. The van der Waals surface area contributed by atoms with Crippen molar-refractivity contribution in [3.05, 3.63) is 54.5 Å². The summed E-state index contributed by atoms with van der Waals surface area (Å²) in [5.41, 5.74) is 2.69. The molecular weight excluding hydrogens is 479 g/mol. The number of nitrogens with zero attached hydrogens (tertiary/aromatic N) is 5. The Balaban J connectivity index is 1.26. The van der Waals surface area contributed by atoms with Gasteiger partial charge in [0.05, 0.1) is 54.3 Å². The summed E-state index contributed by atoms with van der Waals surface area (Å²) < 4.78 is 21.7. The van der Waals surface area contributed by atoms with Crippen LogP contribution in [0.4, 0.5) is 15.8 Å². The normalized spacial score (nSPS) is 16.1. The molecule has 12 heteroatoms. The second-order valence-corrected chi connectivity index (χ2v) is 8.95. The zero-order valence-electron chi connectivity index (χ0n) is 20.5. The third-order valence-electron chi connectivity index (χ3n) is 6.16. The first-order valence-corrected chi connectivity index (χ1v) is 12.0. The molecule has 1 atom stereocenters. The molecule has 5 heterocycles. The van der Waals surface area contributed by atoms with Gasteiger partial charge in [-0.05, 0) is 24.6 Å². The lowest BCUT2D eigenvalue weighted by Crippen LogP contribution is -2.45. The summed E-state index contributed by atoms with van der Waals surface area (Å²) in [6.07, 6.45) is 7.19. The standard InChI is InChI=1S/C25H27FN8O3/c1-3-19-13-34(4-5-37-19)14-22(35)30-18-8-21(23(26)27-11-18)32-25(36)16-6-15-7-20(31-24(15)28-9-16)17-10-29-33(2)12-17/h6-12,19H,3-5,13-14H2,1-2H3,(H,28,31)(H,30,35)(H,32,36)/t19-/m0/s1. The Morgan fingerprint density at radius 2 is 2.05 bits per heavy atom. The minimum absolute atomic E-state index is 0.109. The number of anilines is 2. The molecule has 1 fully saturated rings. The van der Waals surface area contributed by atoms with E-state index in [0.29, 0.717) is 25.3 Å². The molecule has 0 bridgehead atoms. The number of aromatic amines is 1. The smallest absolute Gasteiger partial charge is 0.257 e. The summed E-state index contributed by atoms with van der Waals surface area (Å²) in [6.45, 7) is 4.14. The second kappa shape index (κ2) is 10.4. The first-order chi connectivity index (χ1) is 17.9. The number of hydrogen-bond acceptors (Lipinski definition) is 7. The minimum atomic E-state index is -0.861. The molecule has 4 aromatic rings. The SMILES string of the molecule is CC[C@H]1CN(CC(=O)Nc2cnc(F)c(NC(=O)c3cnc4[nH]c(-c5cnn(C)c5)cc4c3)c2)CCO1. The van der Waals surface area contributed by atoms with E-state index in [9.17, 15) is 14.0 Å². The van der Waals surface area contributed by atoms with E-state index < -0.39 is 11.9 Å². The maximum absolute atomic E-state index is 14.4. The van der Waals surface area contributed by atoms with Crippen molar-refractivity contribution in [3.8, 4) is 11.3 Å². The van der Waals surface area contributed by atoms with Gasteiger partial charge >= 0.3 is 0 Å². The van der Waals surface area contributed by atoms with Gasteiger partial charge in [0.2, 0.25) is 11.9 Å². The van der Waals surface area contributed by atoms with Gasteiger partial charge in [0.1, 0.15) is 5.65 Å². The van der Waals surface area contributed by atoms with Gasteiger partial charge < -0.3 is 20.4 Å². The number of carbonyl (C=O) groups is 2. The van der Waals surface area contributed by atoms with Crippen LogP contribution < -0.4 is 10.6 Å². The van der Waals surface area contributed by atoms with Crippen LogP contribution >= 0.6 is 0 Å². The lowest BCUT2D eigenvalue weighted by molar-refractivity contribution is -0.119. The van der Waals surface area contributed by atoms with Crippen molar-refractivity contribution < 1.29 is 18.7 Å². The van der Waals surface area contributed by atoms with Gasteiger partial charge in [0.25, 0.3) is 5.91 Å². The van der Waals surface area contributed by atoms with Crippen molar-refractivity contribution in [1.29, 1.82) is 0 Å². The van der Waals surface area contributed by atoms with Gasteiger partial charge in [0, 0.05) is 43.5 Å². The summed E-state index contributed by atoms with van der Waals surface area (Å²) in [6, 6.07) is 4.87. The third-order valence-corrected chi connectivity index (χ3v) is 6.16. The first kappa shape index (κ1) is 24.5. The van der Waals surface area contributed by atoms with Gasteiger partial charge in [0.15, 0.2) is 0 Å². The van der Waals surface area contributed by atoms with Crippen LogP contribution in [0.1, 0.15) is 23.7 Å². The molecule has 1 aliphatic rings. The first-order valence-electron chi connectivity index (χ1n) is 12.0. The number of ether oxygens (including phenoxy) is 1. The summed E-state index contributed by atoms with van der Waals surface area (Å²) in [5, 5.41) is 10.1. The van der Waals surface area contributed by atoms with Crippen molar-refractivity contribution in [2.24, 2.45) is 7.05 Å². The van der Waals surface area contributed by atoms with Gasteiger partial charge in [-0.15, -0.1) is 0 Å². The van der Waals surface area contributed by atoms with Crippen LogP contribution in [0.5, 0.6) is 0 Å². The number of rotatable bonds is 7. The average molecular weight is 507 g/mol. The number of halogens is 1. The van der Waals surface area contributed by atoms with Gasteiger partial charge in [-0.25, -0.2) is 9.97 Å². The Morgan fingerprint density at radius 1 is 1.19 bits per heavy atom. The molecule has 4 aromatic heterocycles. The van der Waals surface area contributed by atoms with E-state index in [1.165, 1.54) is 18.5 Å². The number of aryl methyl sites for hydroxylation is 1. The number of nitrogens with one attached hydrogen (secondary N) is 3. The molecule has 37 heavy (non-hydrogen) atoms. The zero-order chi connectivity index (χ0) is 25.9. The molecular formula is C25H27FN8O3. The zero-order valence-corrected chi connectivity index (χ0v) is 20.5. The molecule has 0 unspecified atom stereocenters. The van der Waals surface area contributed by atoms with Crippen molar-refractivity contribution in [2.75, 3.05) is 36.9 Å². The summed E-state index contributed by atoms with van der Waals surface area (Å²) in [7, 11) is 1.83. The fourth-order valence-corrected chi connectivity index (χ4v) is 4.23. The Hall–Kier alpha value is -4.16. The average Bonchev–Trinajstić information content (AvgIpc) is 3.51. The number of carbonyl (C=O) groups excluding carboxylic acids is 2. The van der Waals surface area contributed by atoms with Crippen LogP contribution in [0.25, 0.3) is 22.3 Å². The van der Waals surface area contributed by atoms with Crippen molar-refractivity contribution in [1.82, 2.24) is 29.6 Å². The van der Waals surface area contributed by atoms with E-state index >= 15 is 0 Å². The third kappa shape index (κ3) is 5.65. The highest BCUT2D eigenvalue weighted by Crippen LogP contribution is 2.24. The maximum Gasteiger partial charge on any atom is 0.257 e. The predicted molar refractivity (Wildman–Crippen MR) is 136 cm³/mol. The topological polar surface area (TPSA) is 130 Å². The van der Waals surface area contributed by atoms with Crippen molar-refractivity contribution in [3.63, 3.8) is 0 Å². The van der Waals surface area contributed by atoms with E-state index in [2.05, 4.69) is 30.7 Å². The molecule has 0 radical (unpaired) electrons. The molecule has 2 amide bonds. The van der Waals surface area contributed by atoms with Crippen molar-refractivity contribution >= 4 is 34.2 Å². The van der Waals surface area contributed by atoms with Crippen LogP contribution in [0.15, 0.2) is 43.0 Å². The highest BCUT2D eigenvalue weighted by molar-refractivity contribution is 6.06. The van der Waals surface area contributed by atoms with Gasteiger partial charge in [-0.2, -0.15) is 9.49 Å². The molecule has 5 rings (SSSR count). The van der Waals surface area contributed by atoms with E-state index in [4.69, 9.17) is 4.74 Å². The molecule has 1 saturated heterocycles. The Kier molecular flexibility index (Phi) is 6.93. The second-order valence-electron chi connectivity index (χ2n) is 8.95. The minimum Gasteiger partial charge on any atom is -0.376 e. The van der Waals surface area contributed by atoms with E-state index in [0.717, 1.165) is 23.1 Å². The Bertz CT molecular complexity index is 1450. The largest absolute Gasteiger partial charge is 0.376 e. The number of pyridine rings is 2. The molecule has 11 nitrogen and oxygen atoms in total. The molecule has 192 valence electrons. The lowest BCUT2D eigenvalue weighted by atomic mass is 10.2. The molecule has 3 N–H and O–H groups in total. The Morgan fingerprint density at radius 3 is 2.84 bits per heavy atom. The number of hydrogen-bond donors (Lipinski definition) is 3. The summed E-state index contributed by atoms with van der Waals surface area (Å²) >= 11 is 0. The van der Waals surface area contributed by atoms with Crippen LogP contribution in [0.2, 0.25) is 0 Å². The van der Waals surface area contributed by atoms with E-state index in [1.807, 2.05) is 31.1 Å². The fraction of sp³-hybridized carbons (Fsp3) is 0.320. The number of H-pyrrole nitrogens is 1.